The number of aromatic nitrogens is 2. The molecule has 1 fully saturated rings. The highest BCUT2D eigenvalue weighted by atomic mass is 35.5. The zero-order chi connectivity index (χ0) is 11.2. The van der Waals surface area contributed by atoms with Gasteiger partial charge in [-0.05, 0) is 11.6 Å². The van der Waals surface area contributed by atoms with Crippen LogP contribution in [-0.4, -0.2) is 29.2 Å². The smallest absolute Gasteiger partial charge is 0.342 e. The third-order valence-corrected chi connectivity index (χ3v) is 3.18. The lowest BCUT2D eigenvalue weighted by molar-refractivity contribution is -0.0753. The average molecular weight is 241 g/mol. The van der Waals surface area contributed by atoms with Gasteiger partial charge in [-0.15, -0.1) is 0 Å². The number of esters is 1. The van der Waals surface area contributed by atoms with Crippen molar-refractivity contribution < 1.29 is 14.3 Å². The standard InChI is InChI=1S/C10H9ClN2O3/c11-9-12-5-6-7(13-9)10(16-8(6)14)1-3-15-4-2-10/h5H,1-4H2. The van der Waals surface area contributed by atoms with Crippen LogP contribution in [0.25, 0.3) is 0 Å². The van der Waals surface area contributed by atoms with Crippen molar-refractivity contribution in [1.29, 1.82) is 0 Å². The Kier molecular flexibility index (Phi) is 2.12. The van der Waals surface area contributed by atoms with E-state index in [9.17, 15) is 4.79 Å². The van der Waals surface area contributed by atoms with Gasteiger partial charge in [0.25, 0.3) is 0 Å². The Morgan fingerprint density at radius 3 is 2.88 bits per heavy atom. The predicted molar refractivity (Wildman–Crippen MR) is 54.2 cm³/mol. The molecule has 2 aliphatic heterocycles. The summed E-state index contributed by atoms with van der Waals surface area (Å²) in [5, 5.41) is 0.142. The summed E-state index contributed by atoms with van der Waals surface area (Å²) in [6.45, 7) is 1.13. The van der Waals surface area contributed by atoms with Crippen LogP contribution in [0.4, 0.5) is 0 Å². The molecule has 2 aliphatic rings. The first-order valence-electron chi connectivity index (χ1n) is 5.05. The van der Waals surface area contributed by atoms with Crippen LogP contribution >= 0.6 is 11.6 Å². The highest BCUT2D eigenvalue weighted by Gasteiger charge is 2.48. The van der Waals surface area contributed by atoms with E-state index in [2.05, 4.69) is 9.97 Å². The van der Waals surface area contributed by atoms with Gasteiger partial charge in [-0.2, -0.15) is 0 Å². The molecule has 1 spiro atoms. The maximum absolute atomic E-state index is 11.7. The Hall–Kier alpha value is -1.20. The van der Waals surface area contributed by atoms with Gasteiger partial charge in [-0.1, -0.05) is 0 Å². The maximum Gasteiger partial charge on any atom is 0.342 e. The molecule has 0 unspecified atom stereocenters. The van der Waals surface area contributed by atoms with E-state index < -0.39 is 5.60 Å². The normalized spacial score (nSPS) is 21.9. The second-order valence-corrected chi connectivity index (χ2v) is 4.24. The van der Waals surface area contributed by atoms with Crippen LogP contribution in [0.1, 0.15) is 28.9 Å². The fourth-order valence-corrected chi connectivity index (χ4v) is 2.31. The Labute approximate surface area is 96.7 Å². The van der Waals surface area contributed by atoms with E-state index in [1.165, 1.54) is 6.20 Å². The average Bonchev–Trinajstić information content (AvgIpc) is 2.53. The van der Waals surface area contributed by atoms with E-state index in [1.807, 2.05) is 0 Å². The van der Waals surface area contributed by atoms with Gasteiger partial charge < -0.3 is 9.47 Å². The third kappa shape index (κ3) is 1.32. The van der Waals surface area contributed by atoms with Crippen molar-refractivity contribution in [2.75, 3.05) is 13.2 Å². The summed E-state index contributed by atoms with van der Waals surface area (Å²) < 4.78 is 10.7. The number of hydrogen-bond acceptors (Lipinski definition) is 5. The molecule has 3 rings (SSSR count). The van der Waals surface area contributed by atoms with E-state index >= 15 is 0 Å². The van der Waals surface area contributed by atoms with Gasteiger partial charge in [0, 0.05) is 19.0 Å². The van der Waals surface area contributed by atoms with Gasteiger partial charge in [0.15, 0.2) is 5.60 Å². The van der Waals surface area contributed by atoms with Gasteiger partial charge in [0.05, 0.1) is 13.2 Å². The van der Waals surface area contributed by atoms with E-state index in [0.717, 1.165) is 0 Å². The van der Waals surface area contributed by atoms with Gasteiger partial charge in [0.1, 0.15) is 11.3 Å². The number of rotatable bonds is 0. The summed E-state index contributed by atoms with van der Waals surface area (Å²) >= 11 is 5.75. The van der Waals surface area contributed by atoms with Crippen molar-refractivity contribution in [2.45, 2.75) is 18.4 Å². The summed E-state index contributed by atoms with van der Waals surface area (Å²) in [6, 6.07) is 0. The molecule has 0 atom stereocenters. The Balaban J connectivity index is 2.12. The van der Waals surface area contributed by atoms with Gasteiger partial charge >= 0.3 is 5.97 Å². The lowest BCUT2D eigenvalue weighted by atomic mass is 9.90. The van der Waals surface area contributed by atoms with E-state index in [-0.39, 0.29) is 11.3 Å². The van der Waals surface area contributed by atoms with Crippen molar-refractivity contribution in [3.63, 3.8) is 0 Å². The summed E-state index contributed by atoms with van der Waals surface area (Å²) in [6.07, 6.45) is 2.68. The SMILES string of the molecule is O=C1OC2(CCOCC2)c2nc(Cl)ncc21. The minimum atomic E-state index is -0.642. The van der Waals surface area contributed by atoms with Crippen LogP contribution in [-0.2, 0) is 15.1 Å². The molecule has 0 bridgehead atoms. The molecule has 16 heavy (non-hydrogen) atoms. The summed E-state index contributed by atoms with van der Waals surface area (Å²) in [7, 11) is 0. The third-order valence-electron chi connectivity index (χ3n) is 3.00. The number of ether oxygens (including phenoxy) is 2. The lowest BCUT2D eigenvalue weighted by Crippen LogP contribution is -2.34. The van der Waals surface area contributed by atoms with Crippen LogP contribution in [0.3, 0.4) is 0 Å². The van der Waals surface area contributed by atoms with Crippen molar-refractivity contribution in [3.8, 4) is 0 Å². The molecule has 0 amide bonds. The molecular weight excluding hydrogens is 232 g/mol. The van der Waals surface area contributed by atoms with Crippen LogP contribution in [0, 0.1) is 0 Å². The molecule has 0 saturated carbocycles. The molecule has 6 heteroatoms. The Bertz CT molecular complexity index is 457. The van der Waals surface area contributed by atoms with Crippen molar-refractivity contribution >= 4 is 17.6 Å². The van der Waals surface area contributed by atoms with E-state index in [0.29, 0.717) is 37.3 Å². The quantitative estimate of drug-likeness (QED) is 0.505. The molecule has 84 valence electrons. The largest absolute Gasteiger partial charge is 0.449 e. The van der Waals surface area contributed by atoms with Gasteiger partial charge in [0.2, 0.25) is 5.28 Å². The first kappa shape index (κ1) is 9.99. The van der Waals surface area contributed by atoms with Crippen LogP contribution in [0.5, 0.6) is 0 Å². The van der Waals surface area contributed by atoms with E-state index in [1.54, 1.807) is 0 Å². The molecule has 3 heterocycles. The molecule has 5 nitrogen and oxygen atoms in total. The molecule has 0 aromatic carbocycles. The van der Waals surface area contributed by atoms with Crippen LogP contribution < -0.4 is 0 Å². The monoisotopic (exact) mass is 240 g/mol. The zero-order valence-electron chi connectivity index (χ0n) is 8.40. The minimum Gasteiger partial charge on any atom is -0.449 e. The van der Waals surface area contributed by atoms with Crippen LogP contribution in [0.15, 0.2) is 6.20 Å². The number of nitrogens with zero attached hydrogens (tertiary/aromatic N) is 2. The first-order valence-corrected chi connectivity index (χ1v) is 5.43. The summed E-state index contributed by atoms with van der Waals surface area (Å²) in [5.41, 5.74) is 0.393. The fraction of sp³-hybridized carbons (Fsp3) is 0.500. The van der Waals surface area contributed by atoms with Crippen molar-refractivity contribution in [2.24, 2.45) is 0 Å². The van der Waals surface area contributed by atoms with E-state index in [4.69, 9.17) is 21.1 Å². The number of halogens is 1. The Morgan fingerprint density at radius 2 is 2.12 bits per heavy atom. The Morgan fingerprint density at radius 1 is 1.38 bits per heavy atom. The molecule has 1 aromatic heterocycles. The highest BCUT2D eigenvalue weighted by Crippen LogP contribution is 2.42. The molecule has 0 radical (unpaired) electrons. The first-order chi connectivity index (χ1) is 7.71. The minimum absolute atomic E-state index is 0.142. The molecule has 1 aromatic rings. The van der Waals surface area contributed by atoms with Gasteiger partial charge in [-0.3, -0.25) is 0 Å². The molecule has 0 N–H and O–H groups in total. The van der Waals surface area contributed by atoms with Gasteiger partial charge in [-0.25, -0.2) is 14.8 Å². The van der Waals surface area contributed by atoms with Crippen molar-refractivity contribution in [1.82, 2.24) is 9.97 Å². The number of hydrogen-bond donors (Lipinski definition) is 0. The molecule has 1 saturated heterocycles. The number of carbonyl (C=O) groups is 1. The lowest BCUT2D eigenvalue weighted by Gasteiger charge is -2.31. The topological polar surface area (TPSA) is 61.3 Å². The van der Waals surface area contributed by atoms with Crippen molar-refractivity contribution in [3.05, 3.63) is 22.7 Å². The summed E-state index contributed by atoms with van der Waals surface area (Å²) in [5.74, 6) is -0.367. The fourth-order valence-electron chi connectivity index (χ4n) is 2.18. The predicted octanol–water partition coefficient (Wildman–Crippen LogP) is 1.31. The number of carbonyl (C=O) groups excluding carboxylic acids is 1. The second-order valence-electron chi connectivity index (χ2n) is 3.90. The van der Waals surface area contributed by atoms with Crippen LogP contribution in [0.2, 0.25) is 5.28 Å². The summed E-state index contributed by atoms with van der Waals surface area (Å²) in [4.78, 5) is 19.6. The molecule has 0 aliphatic carbocycles. The second kappa shape index (κ2) is 3.40. The molecular formula is C10H9ClN2O3. The highest BCUT2D eigenvalue weighted by molar-refractivity contribution is 6.28. The zero-order valence-corrected chi connectivity index (χ0v) is 9.16. The maximum atomic E-state index is 11.7. The number of fused-ring (bicyclic) bond motifs is 2.